The van der Waals surface area contributed by atoms with Crippen LogP contribution in [0.1, 0.15) is 46.6 Å². The molecule has 0 atom stereocenters. The molecule has 8 nitrogen and oxygen atoms in total. The molecule has 3 aromatic carbocycles. The first-order valence-corrected chi connectivity index (χ1v) is 15.6. The fraction of sp³-hybridized carbons (Fsp3) is 0.294. The topological polar surface area (TPSA) is 85.8 Å². The van der Waals surface area contributed by atoms with E-state index in [2.05, 4.69) is 63.7 Å². The summed E-state index contributed by atoms with van der Waals surface area (Å²) >= 11 is 1.29. The molecule has 1 fully saturated rings. The number of amides is 3. The van der Waals surface area contributed by atoms with E-state index in [4.69, 9.17) is 0 Å². The van der Waals surface area contributed by atoms with Crippen molar-refractivity contribution in [2.45, 2.75) is 25.8 Å². The Hall–Kier alpha value is -4.34. The highest BCUT2D eigenvalue weighted by Gasteiger charge is 2.28. The molecule has 2 heterocycles. The third kappa shape index (κ3) is 7.94. The molecule has 9 heteroatoms. The van der Waals surface area contributed by atoms with Gasteiger partial charge in [0.1, 0.15) is 6.54 Å². The molecule has 0 aliphatic carbocycles. The number of carbonyl (C=O) groups excluding carboxylic acids is 3. The van der Waals surface area contributed by atoms with Crippen LogP contribution in [0.25, 0.3) is 0 Å². The molecule has 5 rings (SSSR count). The number of anilines is 1. The van der Waals surface area contributed by atoms with Crippen molar-refractivity contribution in [3.8, 4) is 0 Å². The van der Waals surface area contributed by atoms with Crippen molar-refractivity contribution in [1.82, 2.24) is 19.7 Å². The van der Waals surface area contributed by atoms with E-state index in [0.717, 1.165) is 19.5 Å². The lowest BCUT2D eigenvalue weighted by molar-refractivity contribution is -0.132. The third-order valence-electron chi connectivity index (χ3n) is 7.53. The predicted octanol–water partition coefficient (Wildman–Crippen LogP) is 5.11. The molecule has 1 N–H and O–H groups in total. The Balaban J connectivity index is 1.14. The zero-order valence-electron chi connectivity index (χ0n) is 24.4. The number of benzene rings is 3. The highest BCUT2D eigenvalue weighted by molar-refractivity contribution is 7.13. The van der Waals surface area contributed by atoms with Crippen LogP contribution >= 0.6 is 11.3 Å². The molecule has 0 unspecified atom stereocenters. The predicted molar refractivity (Wildman–Crippen MR) is 170 cm³/mol. The summed E-state index contributed by atoms with van der Waals surface area (Å²) in [7, 11) is 0. The molecule has 1 aliphatic heterocycles. The average molecular weight is 596 g/mol. The molecule has 3 amide bonds. The van der Waals surface area contributed by atoms with Gasteiger partial charge >= 0.3 is 0 Å². The largest absolute Gasteiger partial charge is 0.340 e. The Labute approximate surface area is 257 Å². The van der Waals surface area contributed by atoms with Gasteiger partial charge in [-0.2, -0.15) is 0 Å². The second kappa shape index (κ2) is 14.7. The van der Waals surface area contributed by atoms with Gasteiger partial charge in [0.25, 0.3) is 5.91 Å². The molecule has 1 aromatic heterocycles. The highest BCUT2D eigenvalue weighted by atomic mass is 32.1. The summed E-state index contributed by atoms with van der Waals surface area (Å²) in [5.41, 5.74) is 3.67. The van der Waals surface area contributed by atoms with E-state index < -0.39 is 0 Å². The molecule has 0 bridgehead atoms. The minimum atomic E-state index is -0.313. The van der Waals surface area contributed by atoms with Crippen molar-refractivity contribution in [3.05, 3.63) is 119 Å². The number of aromatic nitrogens is 1. The number of nitrogens with zero attached hydrogens (tertiary/aromatic N) is 4. The van der Waals surface area contributed by atoms with Gasteiger partial charge in [0, 0.05) is 43.7 Å². The first kappa shape index (κ1) is 30.1. The van der Waals surface area contributed by atoms with Crippen LogP contribution in [0.3, 0.4) is 0 Å². The fourth-order valence-corrected chi connectivity index (χ4v) is 6.17. The molecule has 0 spiro atoms. The van der Waals surface area contributed by atoms with E-state index in [1.165, 1.54) is 22.5 Å². The maximum atomic E-state index is 13.2. The van der Waals surface area contributed by atoms with Gasteiger partial charge in [0.2, 0.25) is 11.8 Å². The van der Waals surface area contributed by atoms with Crippen LogP contribution in [0, 0.1) is 0 Å². The monoisotopic (exact) mass is 595 g/mol. The molecular formula is C34H37N5O3S. The molecule has 43 heavy (non-hydrogen) atoms. The van der Waals surface area contributed by atoms with Gasteiger partial charge in [-0.1, -0.05) is 85.8 Å². The molecule has 0 saturated carbocycles. The lowest BCUT2D eigenvalue weighted by Gasteiger charge is -2.39. The van der Waals surface area contributed by atoms with Crippen molar-refractivity contribution >= 4 is 34.2 Å². The van der Waals surface area contributed by atoms with Crippen LogP contribution in [0.15, 0.2) is 96.4 Å². The molecule has 1 saturated heterocycles. The normalized spacial score (nSPS) is 13.6. The number of hydrogen-bond donors (Lipinski definition) is 1. The van der Waals surface area contributed by atoms with Gasteiger partial charge in [-0.25, -0.2) is 4.98 Å². The first-order chi connectivity index (χ1) is 21.0. The molecule has 4 aromatic rings. The van der Waals surface area contributed by atoms with E-state index in [0.29, 0.717) is 36.0 Å². The Morgan fingerprint density at radius 2 is 1.44 bits per heavy atom. The lowest BCUT2D eigenvalue weighted by Crippen LogP contribution is -2.50. The Kier molecular flexibility index (Phi) is 10.3. The molecule has 1 aliphatic rings. The lowest BCUT2D eigenvalue weighted by atomic mass is 9.96. The summed E-state index contributed by atoms with van der Waals surface area (Å²) in [5, 5.41) is 5.04. The Morgan fingerprint density at radius 3 is 2.02 bits per heavy atom. The quantitative estimate of drug-likeness (QED) is 0.261. The van der Waals surface area contributed by atoms with E-state index in [1.54, 1.807) is 17.0 Å². The van der Waals surface area contributed by atoms with Crippen molar-refractivity contribution in [2.75, 3.05) is 44.6 Å². The Bertz CT molecular complexity index is 1450. The number of piperazine rings is 1. The van der Waals surface area contributed by atoms with E-state index in [-0.39, 0.29) is 36.7 Å². The highest BCUT2D eigenvalue weighted by Crippen LogP contribution is 2.29. The second-order valence-corrected chi connectivity index (χ2v) is 11.5. The van der Waals surface area contributed by atoms with Crippen molar-refractivity contribution < 1.29 is 14.4 Å². The number of hydrogen-bond acceptors (Lipinski definition) is 6. The summed E-state index contributed by atoms with van der Waals surface area (Å²) in [5.74, 6) is -0.462. The summed E-state index contributed by atoms with van der Waals surface area (Å²) in [6, 6.07) is 30.1. The van der Waals surface area contributed by atoms with Crippen LogP contribution in [0.4, 0.5) is 5.13 Å². The minimum Gasteiger partial charge on any atom is -0.340 e. The van der Waals surface area contributed by atoms with Gasteiger partial charge in [-0.3, -0.25) is 19.3 Å². The summed E-state index contributed by atoms with van der Waals surface area (Å²) in [6.07, 6.45) is 0.921. The number of rotatable bonds is 11. The van der Waals surface area contributed by atoms with Crippen LogP contribution in [0.5, 0.6) is 0 Å². The van der Waals surface area contributed by atoms with E-state index in [1.807, 2.05) is 47.5 Å². The van der Waals surface area contributed by atoms with Crippen molar-refractivity contribution in [2.24, 2.45) is 0 Å². The summed E-state index contributed by atoms with van der Waals surface area (Å²) in [6.45, 7) is 5.22. The van der Waals surface area contributed by atoms with E-state index in [9.17, 15) is 14.4 Å². The van der Waals surface area contributed by atoms with Gasteiger partial charge in [-0.15, -0.1) is 11.3 Å². The van der Waals surface area contributed by atoms with Crippen LogP contribution < -0.4 is 5.32 Å². The van der Waals surface area contributed by atoms with Gasteiger partial charge in [-0.05, 0) is 29.7 Å². The summed E-state index contributed by atoms with van der Waals surface area (Å²) in [4.78, 5) is 49.2. The number of carbonyl (C=O) groups is 3. The maximum absolute atomic E-state index is 13.2. The third-order valence-corrected chi connectivity index (χ3v) is 8.34. The average Bonchev–Trinajstić information content (AvgIpc) is 3.48. The van der Waals surface area contributed by atoms with Crippen LogP contribution in [-0.2, 0) is 16.0 Å². The second-order valence-electron chi connectivity index (χ2n) is 10.6. The SMILES string of the molecule is CCCN(CC(=O)Nc1nc(CC(=O)N2CCN(C(c3ccccc3)c3ccccc3)CC2)cs1)C(=O)c1ccccc1. The van der Waals surface area contributed by atoms with Gasteiger partial charge in [0.15, 0.2) is 5.13 Å². The number of nitrogens with one attached hydrogen (secondary N) is 1. The number of thiazole rings is 1. The van der Waals surface area contributed by atoms with Crippen molar-refractivity contribution in [1.29, 1.82) is 0 Å². The van der Waals surface area contributed by atoms with Crippen LogP contribution in [0.2, 0.25) is 0 Å². The van der Waals surface area contributed by atoms with Gasteiger partial charge < -0.3 is 15.1 Å². The molecule has 0 radical (unpaired) electrons. The minimum absolute atomic E-state index is 0.0291. The molecular weight excluding hydrogens is 558 g/mol. The zero-order valence-corrected chi connectivity index (χ0v) is 25.2. The maximum Gasteiger partial charge on any atom is 0.254 e. The summed E-state index contributed by atoms with van der Waals surface area (Å²) < 4.78 is 0. The Morgan fingerprint density at radius 1 is 0.860 bits per heavy atom. The van der Waals surface area contributed by atoms with Crippen LogP contribution in [-0.4, -0.2) is 76.7 Å². The fourth-order valence-electron chi connectivity index (χ4n) is 5.44. The standard InChI is InChI=1S/C34H37N5O3S/c1-2-18-39(33(42)28-16-10-5-11-17-28)24-30(40)36-34-35-29(25-43-34)23-31(41)37-19-21-38(22-20-37)32(26-12-6-3-7-13-26)27-14-8-4-9-15-27/h3-17,25,32H,2,18-24H2,1H3,(H,35,36,40). The smallest absolute Gasteiger partial charge is 0.254 e. The van der Waals surface area contributed by atoms with Gasteiger partial charge in [0.05, 0.1) is 18.2 Å². The first-order valence-electron chi connectivity index (χ1n) is 14.7. The molecule has 222 valence electrons. The van der Waals surface area contributed by atoms with E-state index >= 15 is 0 Å². The zero-order chi connectivity index (χ0) is 30.0. The van der Waals surface area contributed by atoms with Crippen molar-refractivity contribution in [3.63, 3.8) is 0 Å².